The number of nitrogens with zero attached hydrogens (tertiary/aromatic N) is 1. The second kappa shape index (κ2) is 12.6. The fourth-order valence-electron chi connectivity index (χ4n) is 4.01. The van der Waals surface area contributed by atoms with Gasteiger partial charge < -0.3 is 19.5 Å². The number of barbiturate groups is 1. The highest BCUT2D eigenvalue weighted by atomic mass is 35.5. The molecule has 11 heteroatoms. The molecular formula is C30H28ClN3O7. The molecule has 10 nitrogen and oxygen atoms in total. The van der Waals surface area contributed by atoms with Crippen molar-refractivity contribution in [1.29, 1.82) is 0 Å². The number of nitrogens with one attached hydrogen (secondary N) is 2. The summed E-state index contributed by atoms with van der Waals surface area (Å²) in [5, 5.41) is 5.01. The third kappa shape index (κ3) is 6.67. The second-order valence-electron chi connectivity index (χ2n) is 9.05. The van der Waals surface area contributed by atoms with Gasteiger partial charge in [-0.1, -0.05) is 17.7 Å². The molecule has 0 aliphatic carbocycles. The maximum atomic E-state index is 13.3. The molecule has 0 bridgehead atoms. The van der Waals surface area contributed by atoms with Crippen LogP contribution in [-0.2, 0) is 14.4 Å². The van der Waals surface area contributed by atoms with E-state index in [1.807, 2.05) is 13.8 Å². The van der Waals surface area contributed by atoms with Gasteiger partial charge in [0.1, 0.15) is 11.3 Å². The quantitative estimate of drug-likeness (QED) is 0.269. The lowest BCUT2D eigenvalue weighted by atomic mass is 10.0. The third-order valence-corrected chi connectivity index (χ3v) is 6.50. The predicted octanol–water partition coefficient (Wildman–Crippen LogP) is 5.05. The Morgan fingerprint density at radius 1 is 1.00 bits per heavy atom. The molecule has 1 heterocycles. The molecule has 1 saturated heterocycles. The number of hydrogen-bond acceptors (Lipinski definition) is 7. The van der Waals surface area contributed by atoms with Gasteiger partial charge in [0.05, 0.1) is 24.4 Å². The van der Waals surface area contributed by atoms with Crippen LogP contribution in [0.1, 0.15) is 23.6 Å². The largest absolute Gasteiger partial charge is 0.497 e. The fraction of sp³-hybridized carbons (Fsp3) is 0.200. The van der Waals surface area contributed by atoms with E-state index in [9.17, 15) is 19.2 Å². The molecule has 1 aliphatic rings. The van der Waals surface area contributed by atoms with Crippen molar-refractivity contribution in [3.8, 4) is 17.2 Å². The van der Waals surface area contributed by atoms with Crippen molar-refractivity contribution in [2.24, 2.45) is 0 Å². The molecule has 4 rings (SSSR count). The van der Waals surface area contributed by atoms with Gasteiger partial charge in [-0.25, -0.2) is 9.69 Å². The van der Waals surface area contributed by atoms with E-state index in [1.54, 1.807) is 56.5 Å². The average Bonchev–Trinajstić information content (AvgIpc) is 2.93. The van der Waals surface area contributed by atoms with Gasteiger partial charge in [0, 0.05) is 5.69 Å². The first kappa shape index (κ1) is 29.2. The smallest absolute Gasteiger partial charge is 0.335 e. The molecule has 1 aliphatic heterocycles. The summed E-state index contributed by atoms with van der Waals surface area (Å²) in [5.74, 6) is -1.09. The predicted molar refractivity (Wildman–Crippen MR) is 155 cm³/mol. The van der Waals surface area contributed by atoms with Crippen LogP contribution in [0.5, 0.6) is 17.2 Å². The molecule has 2 N–H and O–H groups in total. The standard InChI is InChI=1S/C30H28ClN3O7/c1-5-40-25-15-19(14-24(31)27(25)41-16-26(35)32-20-7-10-22(39-4)11-8-20)13-23-28(36)33-30(38)34(29(23)37)21-9-6-17(2)18(3)12-21/h6-15H,5,16H2,1-4H3,(H,32,35)(H,33,36,38)/b23-13-. The normalized spacial score (nSPS) is 14.1. The molecule has 3 aromatic carbocycles. The van der Waals surface area contributed by atoms with Gasteiger partial charge in [0.2, 0.25) is 0 Å². The number of rotatable bonds is 9. The first-order valence-electron chi connectivity index (χ1n) is 12.6. The van der Waals surface area contributed by atoms with Crippen LogP contribution < -0.4 is 29.7 Å². The van der Waals surface area contributed by atoms with Crippen LogP contribution in [-0.4, -0.2) is 44.1 Å². The second-order valence-corrected chi connectivity index (χ2v) is 9.46. The molecule has 0 radical (unpaired) electrons. The molecule has 5 amide bonds. The monoisotopic (exact) mass is 577 g/mol. The average molecular weight is 578 g/mol. The van der Waals surface area contributed by atoms with E-state index in [0.717, 1.165) is 16.0 Å². The van der Waals surface area contributed by atoms with Gasteiger partial charge in [0.25, 0.3) is 17.7 Å². The SMILES string of the molecule is CCOc1cc(/C=C2/C(=O)NC(=O)N(c3ccc(C)c(C)c3)C2=O)cc(Cl)c1OCC(=O)Nc1ccc(OC)cc1. The maximum Gasteiger partial charge on any atom is 0.335 e. The van der Waals surface area contributed by atoms with Gasteiger partial charge >= 0.3 is 6.03 Å². The highest BCUT2D eigenvalue weighted by Crippen LogP contribution is 2.38. The number of methoxy groups -OCH3 is 1. The molecule has 0 aromatic heterocycles. The summed E-state index contributed by atoms with van der Waals surface area (Å²) in [7, 11) is 1.55. The van der Waals surface area contributed by atoms with Gasteiger partial charge in [0.15, 0.2) is 18.1 Å². The van der Waals surface area contributed by atoms with Gasteiger partial charge in [-0.05, 0) is 92.1 Å². The molecule has 41 heavy (non-hydrogen) atoms. The Labute approximate surface area is 241 Å². The van der Waals surface area contributed by atoms with Gasteiger partial charge in [-0.3, -0.25) is 19.7 Å². The summed E-state index contributed by atoms with van der Waals surface area (Å²) in [6.45, 7) is 5.41. The number of hydrogen-bond donors (Lipinski definition) is 2. The van der Waals surface area contributed by atoms with Crippen molar-refractivity contribution < 1.29 is 33.4 Å². The van der Waals surface area contributed by atoms with Crippen LogP contribution in [0.2, 0.25) is 5.02 Å². The highest BCUT2D eigenvalue weighted by molar-refractivity contribution is 6.39. The van der Waals surface area contributed by atoms with E-state index in [2.05, 4.69) is 10.6 Å². The van der Waals surface area contributed by atoms with Crippen LogP contribution in [0.15, 0.2) is 60.2 Å². The van der Waals surface area contributed by atoms with Gasteiger partial charge in [-0.15, -0.1) is 0 Å². The van der Waals surface area contributed by atoms with E-state index >= 15 is 0 Å². The highest BCUT2D eigenvalue weighted by Gasteiger charge is 2.37. The summed E-state index contributed by atoms with van der Waals surface area (Å²) in [5.41, 5.74) is 2.84. The molecule has 0 unspecified atom stereocenters. The summed E-state index contributed by atoms with van der Waals surface area (Å²) < 4.78 is 16.5. The number of amides is 5. The Hall–Kier alpha value is -4.83. The van der Waals surface area contributed by atoms with Crippen LogP contribution in [0.3, 0.4) is 0 Å². The van der Waals surface area contributed by atoms with Crippen LogP contribution in [0, 0.1) is 13.8 Å². The maximum absolute atomic E-state index is 13.3. The van der Waals surface area contributed by atoms with E-state index in [4.69, 9.17) is 25.8 Å². The minimum atomic E-state index is -0.843. The van der Waals surface area contributed by atoms with Crippen molar-refractivity contribution in [3.63, 3.8) is 0 Å². The Bertz CT molecular complexity index is 1550. The van der Waals surface area contributed by atoms with E-state index in [-0.39, 0.29) is 35.3 Å². The van der Waals surface area contributed by atoms with Crippen LogP contribution >= 0.6 is 11.6 Å². The molecular weight excluding hydrogens is 550 g/mol. The number of aryl methyl sites for hydroxylation is 2. The van der Waals surface area contributed by atoms with Crippen molar-refractivity contribution in [3.05, 3.63) is 81.9 Å². The third-order valence-electron chi connectivity index (χ3n) is 6.21. The summed E-state index contributed by atoms with van der Waals surface area (Å²) in [4.78, 5) is 51.9. The summed E-state index contributed by atoms with van der Waals surface area (Å²) in [6.07, 6.45) is 1.31. The Kier molecular flexibility index (Phi) is 8.94. The lowest BCUT2D eigenvalue weighted by Gasteiger charge is -2.27. The zero-order chi connectivity index (χ0) is 29.7. The number of halogens is 1. The minimum Gasteiger partial charge on any atom is -0.497 e. The van der Waals surface area contributed by atoms with Crippen molar-refractivity contribution in [2.75, 3.05) is 30.5 Å². The lowest BCUT2D eigenvalue weighted by molar-refractivity contribution is -0.122. The first-order valence-corrected chi connectivity index (χ1v) is 13.0. The number of carbonyl (C=O) groups excluding carboxylic acids is 4. The van der Waals surface area contributed by atoms with Gasteiger partial charge in [-0.2, -0.15) is 0 Å². The van der Waals surface area contributed by atoms with Crippen LogP contribution in [0.4, 0.5) is 16.2 Å². The van der Waals surface area contributed by atoms with Crippen LogP contribution in [0.25, 0.3) is 6.08 Å². The van der Waals surface area contributed by atoms with Crippen molar-refractivity contribution >= 4 is 52.8 Å². The molecule has 1 fully saturated rings. The Morgan fingerprint density at radius 2 is 1.73 bits per heavy atom. The zero-order valence-electron chi connectivity index (χ0n) is 22.9. The number of benzene rings is 3. The lowest BCUT2D eigenvalue weighted by Crippen LogP contribution is -2.54. The fourth-order valence-corrected chi connectivity index (χ4v) is 4.28. The number of urea groups is 1. The Balaban J connectivity index is 1.57. The molecule has 0 atom stereocenters. The van der Waals surface area contributed by atoms with E-state index in [1.165, 1.54) is 18.2 Å². The number of anilines is 2. The summed E-state index contributed by atoms with van der Waals surface area (Å²) in [6, 6.07) is 14.1. The Morgan fingerprint density at radius 3 is 2.39 bits per heavy atom. The molecule has 0 saturated carbocycles. The van der Waals surface area contributed by atoms with E-state index in [0.29, 0.717) is 22.7 Å². The molecule has 0 spiro atoms. The van der Waals surface area contributed by atoms with Crippen molar-refractivity contribution in [2.45, 2.75) is 20.8 Å². The molecule has 3 aromatic rings. The zero-order valence-corrected chi connectivity index (χ0v) is 23.6. The molecule has 212 valence electrons. The summed E-state index contributed by atoms with van der Waals surface area (Å²) >= 11 is 6.49. The first-order chi connectivity index (χ1) is 19.6. The topological polar surface area (TPSA) is 123 Å². The number of ether oxygens (including phenoxy) is 3. The van der Waals surface area contributed by atoms with Crippen molar-refractivity contribution in [1.82, 2.24) is 5.32 Å². The number of carbonyl (C=O) groups is 4. The van der Waals surface area contributed by atoms with E-state index < -0.39 is 23.8 Å². The number of imide groups is 2. The minimum absolute atomic E-state index is 0.0887.